The Labute approximate surface area is 190 Å². The largest absolute Gasteiger partial charge is 0.344 e. The van der Waals surface area contributed by atoms with Crippen LogP contribution in [0.25, 0.3) is 32.9 Å². The van der Waals surface area contributed by atoms with E-state index in [0.29, 0.717) is 27.6 Å². The lowest BCUT2D eigenvalue weighted by Gasteiger charge is -2.23. The Morgan fingerprint density at radius 3 is 2.56 bits per heavy atom. The Balaban J connectivity index is 1.67. The first kappa shape index (κ1) is 19.5. The first-order chi connectivity index (χ1) is 15.5. The number of hydrogen-bond acceptors (Lipinski definition) is 3. The number of hydrogen-bond donors (Lipinski definition) is 2. The minimum atomic E-state index is -0.372. The van der Waals surface area contributed by atoms with E-state index in [4.69, 9.17) is 11.6 Å². The van der Waals surface area contributed by atoms with Crippen LogP contribution in [0, 0.1) is 0 Å². The lowest BCUT2D eigenvalue weighted by atomic mass is 9.90. The summed E-state index contributed by atoms with van der Waals surface area (Å²) in [6.07, 6.45) is 2.35. The van der Waals surface area contributed by atoms with Gasteiger partial charge in [-0.05, 0) is 54.6 Å². The zero-order valence-corrected chi connectivity index (χ0v) is 18.4. The summed E-state index contributed by atoms with van der Waals surface area (Å²) in [7, 11) is 2.02. The van der Waals surface area contributed by atoms with Crippen LogP contribution in [0.3, 0.4) is 0 Å². The van der Waals surface area contributed by atoms with Crippen molar-refractivity contribution >= 4 is 45.2 Å². The second-order valence-electron chi connectivity index (χ2n) is 8.71. The molecule has 1 atom stereocenters. The van der Waals surface area contributed by atoms with Crippen LogP contribution in [-0.4, -0.2) is 29.5 Å². The van der Waals surface area contributed by atoms with Gasteiger partial charge in [-0.3, -0.25) is 14.9 Å². The van der Waals surface area contributed by atoms with Gasteiger partial charge >= 0.3 is 0 Å². The van der Waals surface area contributed by atoms with Crippen molar-refractivity contribution in [3.8, 4) is 11.1 Å². The Hall–Kier alpha value is -3.15. The van der Waals surface area contributed by atoms with E-state index in [2.05, 4.69) is 33.4 Å². The summed E-state index contributed by atoms with van der Waals surface area (Å²) in [6.45, 7) is 2.06. The van der Waals surface area contributed by atoms with E-state index in [1.807, 2.05) is 31.3 Å². The number of nitrogens with one attached hydrogen (secondary N) is 2. The van der Waals surface area contributed by atoms with Crippen LogP contribution in [-0.2, 0) is 7.05 Å². The van der Waals surface area contributed by atoms with Gasteiger partial charge in [0.2, 0.25) is 0 Å². The second-order valence-corrected chi connectivity index (χ2v) is 9.12. The van der Waals surface area contributed by atoms with Crippen LogP contribution in [0.1, 0.15) is 45.0 Å². The SMILES string of the molecule is Cn1c2cc(C3CCCNC3)ccc2c2c3c(c(-c4ccccc4Cl)cc21)C(=O)NC3=O. The van der Waals surface area contributed by atoms with Crippen LogP contribution in [0.15, 0.2) is 48.5 Å². The Morgan fingerprint density at radius 1 is 0.969 bits per heavy atom. The molecule has 3 heterocycles. The molecular weight excluding hydrogens is 422 g/mol. The van der Waals surface area contributed by atoms with E-state index < -0.39 is 0 Å². The minimum absolute atomic E-state index is 0.350. The Kier molecular flexibility index (Phi) is 4.39. The third kappa shape index (κ3) is 2.74. The first-order valence-corrected chi connectivity index (χ1v) is 11.3. The predicted molar refractivity (Wildman–Crippen MR) is 128 cm³/mol. The molecule has 6 rings (SSSR count). The maximum Gasteiger partial charge on any atom is 0.259 e. The van der Waals surface area contributed by atoms with E-state index >= 15 is 0 Å². The van der Waals surface area contributed by atoms with Crippen molar-refractivity contribution in [1.82, 2.24) is 15.2 Å². The predicted octanol–water partition coefficient (Wildman–Crippen LogP) is 5.00. The summed E-state index contributed by atoms with van der Waals surface area (Å²) in [5.41, 5.74) is 5.56. The van der Waals surface area contributed by atoms with E-state index in [0.717, 1.165) is 40.5 Å². The van der Waals surface area contributed by atoms with Gasteiger partial charge in [-0.15, -0.1) is 0 Å². The highest BCUT2D eigenvalue weighted by atomic mass is 35.5. The maximum atomic E-state index is 12.9. The molecule has 6 heteroatoms. The van der Waals surface area contributed by atoms with Gasteiger partial charge < -0.3 is 9.88 Å². The number of halogens is 1. The van der Waals surface area contributed by atoms with E-state index in [-0.39, 0.29) is 11.8 Å². The van der Waals surface area contributed by atoms with Crippen LogP contribution < -0.4 is 10.6 Å². The molecule has 0 radical (unpaired) electrons. The van der Waals surface area contributed by atoms with E-state index in [1.165, 1.54) is 18.4 Å². The normalized spacial score (nSPS) is 18.4. The fraction of sp³-hybridized carbons (Fsp3) is 0.231. The maximum absolute atomic E-state index is 12.9. The number of carbonyl (C=O) groups excluding carboxylic acids is 2. The standard InChI is InChI=1S/C26H22ClN3O2/c1-30-20-11-14(15-5-4-10-28-13-15)8-9-17(20)22-21(30)12-18(16-6-2-3-7-19(16)27)23-24(22)26(32)29-25(23)31/h2-3,6-9,11-12,15,28H,4-5,10,13H2,1H3,(H,29,31,32). The first-order valence-electron chi connectivity index (χ1n) is 10.9. The van der Waals surface area contributed by atoms with Gasteiger partial charge in [-0.1, -0.05) is 41.9 Å². The average molecular weight is 444 g/mol. The van der Waals surface area contributed by atoms with Gasteiger partial charge in [0.15, 0.2) is 0 Å². The summed E-state index contributed by atoms with van der Waals surface area (Å²) >= 11 is 6.49. The smallest absolute Gasteiger partial charge is 0.259 e. The van der Waals surface area contributed by atoms with Gasteiger partial charge in [-0.25, -0.2) is 0 Å². The molecule has 0 saturated carbocycles. The fourth-order valence-corrected chi connectivity index (χ4v) is 5.58. The van der Waals surface area contributed by atoms with Gasteiger partial charge in [0.1, 0.15) is 0 Å². The quantitative estimate of drug-likeness (QED) is 0.428. The van der Waals surface area contributed by atoms with Crippen LogP contribution in [0.4, 0.5) is 0 Å². The molecule has 0 spiro atoms. The van der Waals surface area contributed by atoms with Crippen molar-refractivity contribution in [3.63, 3.8) is 0 Å². The molecule has 5 nitrogen and oxygen atoms in total. The average Bonchev–Trinajstić information content (AvgIpc) is 3.27. The molecule has 3 aromatic carbocycles. The molecule has 1 fully saturated rings. The molecule has 2 N–H and O–H groups in total. The molecule has 32 heavy (non-hydrogen) atoms. The topological polar surface area (TPSA) is 63.1 Å². The second kappa shape index (κ2) is 7.19. The molecule has 2 aliphatic heterocycles. The number of nitrogens with zero attached hydrogens (tertiary/aromatic N) is 1. The number of imide groups is 1. The summed E-state index contributed by atoms with van der Waals surface area (Å²) in [5.74, 6) is -0.235. The molecule has 4 aromatic rings. The molecule has 2 aliphatic rings. The molecule has 1 saturated heterocycles. The number of piperidine rings is 1. The fourth-order valence-electron chi connectivity index (χ4n) is 5.35. The zero-order chi connectivity index (χ0) is 22.0. The molecule has 0 aliphatic carbocycles. The van der Waals surface area contributed by atoms with Crippen LogP contribution >= 0.6 is 11.6 Å². The van der Waals surface area contributed by atoms with Crippen molar-refractivity contribution in [2.45, 2.75) is 18.8 Å². The summed E-state index contributed by atoms with van der Waals surface area (Å²) in [6, 6.07) is 15.9. The monoisotopic (exact) mass is 443 g/mol. The lowest BCUT2D eigenvalue weighted by molar-refractivity contribution is 0.0880. The summed E-state index contributed by atoms with van der Waals surface area (Å²) < 4.78 is 2.13. The summed E-state index contributed by atoms with van der Waals surface area (Å²) in [4.78, 5) is 25.8. The molecular formula is C26H22ClN3O2. The van der Waals surface area contributed by atoms with E-state index in [1.54, 1.807) is 6.07 Å². The highest BCUT2D eigenvalue weighted by Crippen LogP contribution is 2.42. The molecule has 1 unspecified atom stereocenters. The number of rotatable bonds is 2. The number of benzene rings is 3. The van der Waals surface area contributed by atoms with Crippen LogP contribution in [0.2, 0.25) is 5.02 Å². The highest BCUT2D eigenvalue weighted by molar-refractivity contribution is 6.36. The van der Waals surface area contributed by atoms with Crippen molar-refractivity contribution in [3.05, 3.63) is 70.2 Å². The van der Waals surface area contributed by atoms with Crippen molar-refractivity contribution in [2.75, 3.05) is 13.1 Å². The zero-order valence-electron chi connectivity index (χ0n) is 17.7. The van der Waals surface area contributed by atoms with Gasteiger partial charge in [0.05, 0.1) is 16.6 Å². The van der Waals surface area contributed by atoms with Crippen LogP contribution in [0.5, 0.6) is 0 Å². The summed E-state index contributed by atoms with van der Waals surface area (Å²) in [5, 5.41) is 8.35. The molecule has 160 valence electrons. The molecule has 0 bridgehead atoms. The van der Waals surface area contributed by atoms with Gasteiger partial charge in [0.25, 0.3) is 11.8 Å². The Bertz CT molecular complexity index is 1450. The van der Waals surface area contributed by atoms with Gasteiger partial charge in [0, 0.05) is 40.5 Å². The number of carbonyl (C=O) groups is 2. The lowest BCUT2D eigenvalue weighted by Crippen LogP contribution is -2.28. The van der Waals surface area contributed by atoms with Crippen molar-refractivity contribution in [2.24, 2.45) is 7.05 Å². The minimum Gasteiger partial charge on any atom is -0.344 e. The molecule has 1 aromatic heterocycles. The third-order valence-corrected chi connectivity index (χ3v) is 7.26. The third-order valence-electron chi connectivity index (χ3n) is 6.93. The highest BCUT2D eigenvalue weighted by Gasteiger charge is 2.34. The number of aryl methyl sites for hydroxylation is 1. The number of amides is 2. The number of aromatic nitrogens is 1. The van der Waals surface area contributed by atoms with E-state index in [9.17, 15) is 9.59 Å². The van der Waals surface area contributed by atoms with Crippen molar-refractivity contribution in [1.29, 1.82) is 0 Å². The van der Waals surface area contributed by atoms with Gasteiger partial charge in [-0.2, -0.15) is 0 Å². The van der Waals surface area contributed by atoms with Crippen molar-refractivity contribution < 1.29 is 9.59 Å². The Morgan fingerprint density at radius 2 is 1.78 bits per heavy atom. The number of fused-ring (bicyclic) bond motifs is 5. The molecule has 2 amide bonds.